The molecule has 5 heteroatoms. The summed E-state index contributed by atoms with van der Waals surface area (Å²) in [6.07, 6.45) is 2.30. The molecule has 0 radical (unpaired) electrons. The first-order valence-corrected chi connectivity index (χ1v) is 7.28. The van der Waals surface area contributed by atoms with Crippen molar-refractivity contribution < 1.29 is 0 Å². The molecule has 106 valence electrons. The zero-order valence-electron chi connectivity index (χ0n) is 11.8. The Hall–Kier alpha value is -2.12. The van der Waals surface area contributed by atoms with Crippen LogP contribution in [0.5, 0.6) is 0 Å². The van der Waals surface area contributed by atoms with Crippen molar-refractivity contribution in [2.45, 2.75) is 25.3 Å². The highest BCUT2D eigenvalue weighted by Gasteiger charge is 2.27. The summed E-state index contributed by atoms with van der Waals surface area (Å²) < 4.78 is 0. The van der Waals surface area contributed by atoms with Gasteiger partial charge in [-0.15, -0.1) is 0 Å². The molecule has 0 atom stereocenters. The Morgan fingerprint density at radius 3 is 2.62 bits per heavy atom. The van der Waals surface area contributed by atoms with Crippen LogP contribution in [0.1, 0.15) is 35.7 Å². The van der Waals surface area contributed by atoms with E-state index >= 15 is 0 Å². The normalized spacial score (nSPS) is 13.8. The van der Waals surface area contributed by atoms with Crippen molar-refractivity contribution in [1.82, 2.24) is 9.97 Å². The van der Waals surface area contributed by atoms with Crippen LogP contribution >= 0.6 is 11.6 Å². The fourth-order valence-electron chi connectivity index (χ4n) is 2.18. The van der Waals surface area contributed by atoms with Crippen LogP contribution in [0.25, 0.3) is 0 Å². The molecule has 1 aliphatic carbocycles. The summed E-state index contributed by atoms with van der Waals surface area (Å²) in [7, 11) is 1.98. The fraction of sp³-hybridized carbons (Fsp3) is 0.312. The number of halogens is 1. The molecule has 1 aromatic carbocycles. The van der Waals surface area contributed by atoms with Gasteiger partial charge in [0.05, 0.1) is 11.6 Å². The van der Waals surface area contributed by atoms with Crippen LogP contribution in [-0.2, 0) is 6.54 Å². The quantitative estimate of drug-likeness (QED) is 0.811. The summed E-state index contributed by atoms with van der Waals surface area (Å²) in [6.45, 7) is 0.711. The summed E-state index contributed by atoms with van der Waals surface area (Å²) in [5.41, 5.74) is 1.79. The van der Waals surface area contributed by atoms with E-state index in [4.69, 9.17) is 16.9 Å². The molecule has 1 fully saturated rings. The number of rotatable bonds is 4. The topological polar surface area (TPSA) is 52.8 Å². The molecule has 1 saturated carbocycles. The Labute approximate surface area is 129 Å². The minimum Gasteiger partial charge on any atom is -0.355 e. The van der Waals surface area contributed by atoms with Crippen LogP contribution in [0.15, 0.2) is 30.3 Å². The van der Waals surface area contributed by atoms with Gasteiger partial charge in [0.2, 0.25) is 0 Å². The predicted molar refractivity (Wildman–Crippen MR) is 82.3 cm³/mol. The zero-order chi connectivity index (χ0) is 14.8. The number of nitriles is 1. The number of hydrogen-bond acceptors (Lipinski definition) is 4. The number of anilines is 1. The molecule has 21 heavy (non-hydrogen) atoms. The smallest absolute Gasteiger partial charge is 0.135 e. The molecule has 0 aliphatic heterocycles. The standard InChI is InChI=1S/C16H15ClN4/c1-21(10-12-4-2-11(9-18)3-5-12)15-8-14(17)19-16(20-15)13-6-7-13/h2-5,8,13H,6-7,10H2,1H3. The highest BCUT2D eigenvalue weighted by Crippen LogP contribution is 2.39. The Morgan fingerprint density at radius 2 is 2.00 bits per heavy atom. The molecule has 1 aliphatic rings. The lowest BCUT2D eigenvalue weighted by molar-refractivity contribution is 0.854. The second-order valence-electron chi connectivity index (χ2n) is 5.35. The van der Waals surface area contributed by atoms with Gasteiger partial charge in [-0.2, -0.15) is 5.26 Å². The van der Waals surface area contributed by atoms with Gasteiger partial charge in [-0.25, -0.2) is 9.97 Å². The van der Waals surface area contributed by atoms with E-state index in [-0.39, 0.29) is 0 Å². The molecule has 0 amide bonds. The highest BCUT2D eigenvalue weighted by molar-refractivity contribution is 6.29. The summed E-state index contributed by atoms with van der Waals surface area (Å²) >= 11 is 6.09. The summed E-state index contributed by atoms with van der Waals surface area (Å²) in [5.74, 6) is 2.16. The minimum absolute atomic E-state index is 0.478. The first-order chi connectivity index (χ1) is 10.2. The van der Waals surface area contributed by atoms with Crippen LogP contribution in [0.3, 0.4) is 0 Å². The molecule has 1 heterocycles. The average Bonchev–Trinajstić information content (AvgIpc) is 3.32. The van der Waals surface area contributed by atoms with Gasteiger partial charge in [0.25, 0.3) is 0 Å². The average molecular weight is 299 g/mol. The van der Waals surface area contributed by atoms with Gasteiger partial charge in [-0.1, -0.05) is 23.7 Å². The van der Waals surface area contributed by atoms with Crippen molar-refractivity contribution in [2.24, 2.45) is 0 Å². The van der Waals surface area contributed by atoms with Gasteiger partial charge in [-0.3, -0.25) is 0 Å². The first-order valence-electron chi connectivity index (χ1n) is 6.90. The third kappa shape index (κ3) is 3.32. The Bertz CT molecular complexity index is 686. The lowest BCUT2D eigenvalue weighted by Gasteiger charge is -2.19. The first kappa shape index (κ1) is 13.8. The molecule has 0 unspecified atom stereocenters. The molecule has 2 aromatic rings. The van der Waals surface area contributed by atoms with E-state index in [0.717, 1.165) is 30.0 Å². The number of benzene rings is 1. The van der Waals surface area contributed by atoms with Gasteiger partial charge in [0, 0.05) is 25.6 Å². The molecule has 0 saturated heterocycles. The van der Waals surface area contributed by atoms with Crippen molar-refractivity contribution in [3.63, 3.8) is 0 Å². The molecule has 0 bridgehead atoms. The van der Waals surface area contributed by atoms with Crippen LogP contribution in [0.4, 0.5) is 5.82 Å². The lowest BCUT2D eigenvalue weighted by Crippen LogP contribution is -2.18. The molecular formula is C16H15ClN4. The van der Waals surface area contributed by atoms with Crippen molar-refractivity contribution in [1.29, 1.82) is 5.26 Å². The molecule has 1 aromatic heterocycles. The SMILES string of the molecule is CN(Cc1ccc(C#N)cc1)c1cc(Cl)nc(C2CC2)n1. The number of hydrogen-bond donors (Lipinski definition) is 0. The van der Waals surface area contributed by atoms with E-state index in [1.807, 2.05) is 36.2 Å². The molecule has 0 spiro atoms. The molecular weight excluding hydrogens is 284 g/mol. The summed E-state index contributed by atoms with van der Waals surface area (Å²) in [4.78, 5) is 10.9. The summed E-state index contributed by atoms with van der Waals surface area (Å²) in [6, 6.07) is 11.5. The van der Waals surface area contributed by atoms with Crippen LogP contribution in [0.2, 0.25) is 5.15 Å². The Kier molecular flexibility index (Phi) is 3.76. The van der Waals surface area contributed by atoms with Gasteiger partial charge >= 0.3 is 0 Å². The Balaban J connectivity index is 1.77. The Morgan fingerprint density at radius 1 is 1.29 bits per heavy atom. The second-order valence-corrected chi connectivity index (χ2v) is 5.73. The predicted octanol–water partition coefficient (Wildman–Crippen LogP) is 3.52. The lowest BCUT2D eigenvalue weighted by atomic mass is 10.1. The van der Waals surface area contributed by atoms with E-state index in [1.165, 1.54) is 0 Å². The number of nitrogens with zero attached hydrogens (tertiary/aromatic N) is 4. The highest BCUT2D eigenvalue weighted by atomic mass is 35.5. The monoisotopic (exact) mass is 298 g/mol. The zero-order valence-corrected chi connectivity index (χ0v) is 12.5. The van der Waals surface area contributed by atoms with Crippen molar-refractivity contribution in [3.05, 3.63) is 52.4 Å². The van der Waals surface area contributed by atoms with Gasteiger partial charge in [-0.05, 0) is 30.5 Å². The maximum atomic E-state index is 8.82. The number of aromatic nitrogens is 2. The van der Waals surface area contributed by atoms with E-state index in [0.29, 0.717) is 23.2 Å². The van der Waals surface area contributed by atoms with Gasteiger partial charge in [0.1, 0.15) is 16.8 Å². The van der Waals surface area contributed by atoms with E-state index in [1.54, 1.807) is 6.07 Å². The van der Waals surface area contributed by atoms with Crippen LogP contribution < -0.4 is 4.90 Å². The van der Waals surface area contributed by atoms with Crippen molar-refractivity contribution in [2.75, 3.05) is 11.9 Å². The maximum absolute atomic E-state index is 8.82. The maximum Gasteiger partial charge on any atom is 0.135 e. The second kappa shape index (κ2) is 5.71. The minimum atomic E-state index is 0.478. The largest absolute Gasteiger partial charge is 0.355 e. The van der Waals surface area contributed by atoms with Gasteiger partial charge in [0.15, 0.2) is 0 Å². The fourth-order valence-corrected chi connectivity index (χ4v) is 2.37. The molecule has 4 nitrogen and oxygen atoms in total. The van der Waals surface area contributed by atoms with Crippen LogP contribution in [-0.4, -0.2) is 17.0 Å². The third-order valence-corrected chi connectivity index (χ3v) is 3.73. The van der Waals surface area contributed by atoms with Crippen molar-refractivity contribution in [3.8, 4) is 6.07 Å². The third-order valence-electron chi connectivity index (χ3n) is 3.54. The van der Waals surface area contributed by atoms with Crippen LogP contribution in [0, 0.1) is 11.3 Å². The molecule has 0 N–H and O–H groups in total. The van der Waals surface area contributed by atoms with Crippen molar-refractivity contribution >= 4 is 17.4 Å². The molecule has 3 rings (SSSR count). The summed E-state index contributed by atoms with van der Waals surface area (Å²) in [5, 5.41) is 9.31. The van der Waals surface area contributed by atoms with E-state index in [2.05, 4.69) is 16.0 Å². The van der Waals surface area contributed by atoms with Gasteiger partial charge < -0.3 is 4.90 Å². The van der Waals surface area contributed by atoms with E-state index < -0.39 is 0 Å². The van der Waals surface area contributed by atoms with E-state index in [9.17, 15) is 0 Å².